The lowest BCUT2D eigenvalue weighted by molar-refractivity contribution is 0.257. The number of nitrogens with zero attached hydrogens (tertiary/aromatic N) is 2. The van der Waals surface area contributed by atoms with Crippen LogP contribution >= 0.6 is 0 Å². The van der Waals surface area contributed by atoms with E-state index in [2.05, 4.69) is 5.32 Å². The topological polar surface area (TPSA) is 79.0 Å². The molecular formula is C18H21N3O4S. The van der Waals surface area contributed by atoms with E-state index in [9.17, 15) is 13.2 Å². The molecule has 0 radical (unpaired) electrons. The van der Waals surface area contributed by atoms with Gasteiger partial charge in [-0.05, 0) is 30.2 Å². The van der Waals surface area contributed by atoms with E-state index in [0.717, 1.165) is 9.87 Å². The maximum atomic E-state index is 12.8. The molecule has 0 aliphatic carbocycles. The molecule has 0 saturated carbocycles. The Morgan fingerprint density at radius 2 is 1.88 bits per heavy atom. The molecular weight excluding hydrogens is 354 g/mol. The zero-order valence-corrected chi connectivity index (χ0v) is 15.7. The summed E-state index contributed by atoms with van der Waals surface area (Å²) in [4.78, 5) is 14.4. The van der Waals surface area contributed by atoms with Crippen LogP contribution in [0.1, 0.15) is 5.56 Å². The Morgan fingerprint density at radius 3 is 2.58 bits per heavy atom. The molecule has 0 bridgehead atoms. The molecule has 138 valence electrons. The van der Waals surface area contributed by atoms with Gasteiger partial charge < -0.3 is 10.1 Å². The molecule has 3 rings (SSSR count). The van der Waals surface area contributed by atoms with Crippen LogP contribution in [-0.2, 0) is 16.4 Å². The number of carbonyl (C=O) groups excluding carboxylic acids is 1. The Kier molecular flexibility index (Phi) is 4.88. The molecule has 7 nitrogen and oxygen atoms in total. The Bertz CT molecular complexity index is 941. The van der Waals surface area contributed by atoms with Crippen LogP contribution < -0.4 is 15.0 Å². The van der Waals surface area contributed by atoms with Crippen molar-refractivity contribution in [2.45, 2.75) is 11.3 Å². The van der Waals surface area contributed by atoms with Crippen LogP contribution in [-0.4, -0.2) is 46.5 Å². The fourth-order valence-corrected chi connectivity index (χ4v) is 4.09. The first-order chi connectivity index (χ1) is 12.4. The second-order valence-electron chi connectivity index (χ2n) is 6.08. The Hall–Kier alpha value is -2.58. The van der Waals surface area contributed by atoms with Gasteiger partial charge in [0.05, 0.1) is 18.5 Å². The molecule has 0 spiro atoms. The van der Waals surface area contributed by atoms with Crippen LogP contribution in [0.15, 0.2) is 47.4 Å². The first-order valence-electron chi connectivity index (χ1n) is 8.12. The first-order valence-corrected chi connectivity index (χ1v) is 9.56. The quantitative estimate of drug-likeness (QED) is 0.891. The van der Waals surface area contributed by atoms with Gasteiger partial charge in [-0.1, -0.05) is 24.3 Å². The summed E-state index contributed by atoms with van der Waals surface area (Å²) < 4.78 is 31.7. The number of hydrogen-bond donors (Lipinski definition) is 1. The lowest BCUT2D eigenvalue weighted by Gasteiger charge is -2.22. The highest BCUT2D eigenvalue weighted by atomic mass is 32.2. The molecule has 0 fully saturated rings. The van der Waals surface area contributed by atoms with Crippen molar-refractivity contribution >= 4 is 27.4 Å². The standard InChI is InChI=1S/C18H21N3O4S/c1-20(2)26(23,24)16-10-6-7-13-11-12-21(17(13)16)18(22)19-14-8-4-5-9-15(14)25-3/h4-10H,11-12H2,1-3H3,(H,19,22). The smallest absolute Gasteiger partial charge is 0.326 e. The minimum Gasteiger partial charge on any atom is -0.495 e. The molecule has 1 N–H and O–H groups in total. The third-order valence-electron chi connectivity index (χ3n) is 4.31. The van der Waals surface area contributed by atoms with Crippen molar-refractivity contribution in [2.24, 2.45) is 0 Å². The lowest BCUT2D eigenvalue weighted by atomic mass is 10.2. The number of methoxy groups -OCH3 is 1. The average molecular weight is 375 g/mol. The number of urea groups is 1. The van der Waals surface area contributed by atoms with E-state index in [1.807, 2.05) is 6.07 Å². The third-order valence-corrected chi connectivity index (χ3v) is 6.16. The molecule has 0 saturated heterocycles. The van der Waals surface area contributed by atoms with Gasteiger partial charge in [-0.2, -0.15) is 0 Å². The number of benzene rings is 2. The van der Waals surface area contributed by atoms with Crippen molar-refractivity contribution in [1.29, 1.82) is 0 Å². The molecule has 0 unspecified atom stereocenters. The second kappa shape index (κ2) is 6.97. The predicted octanol–water partition coefficient (Wildman–Crippen LogP) is 2.54. The van der Waals surface area contributed by atoms with Gasteiger partial charge in [0.15, 0.2) is 0 Å². The van der Waals surface area contributed by atoms with Crippen molar-refractivity contribution in [3.8, 4) is 5.75 Å². The van der Waals surface area contributed by atoms with Gasteiger partial charge in [0.1, 0.15) is 10.6 Å². The van der Waals surface area contributed by atoms with E-state index in [0.29, 0.717) is 30.1 Å². The molecule has 1 heterocycles. The van der Waals surface area contributed by atoms with Crippen LogP contribution in [0.25, 0.3) is 0 Å². The van der Waals surface area contributed by atoms with Crippen LogP contribution in [0.4, 0.5) is 16.2 Å². The number of para-hydroxylation sites is 3. The summed E-state index contributed by atoms with van der Waals surface area (Å²) in [7, 11) is 0.809. The predicted molar refractivity (Wildman–Crippen MR) is 100 cm³/mol. The number of sulfonamides is 1. The molecule has 8 heteroatoms. The number of amides is 2. The Labute approximate surface area is 153 Å². The van der Waals surface area contributed by atoms with Crippen LogP contribution in [0, 0.1) is 0 Å². The molecule has 0 aromatic heterocycles. The summed E-state index contributed by atoms with van der Waals surface area (Å²) in [5.41, 5.74) is 1.80. The van der Waals surface area contributed by atoms with Crippen molar-refractivity contribution < 1.29 is 17.9 Å². The summed E-state index contributed by atoms with van der Waals surface area (Å²) in [6, 6.07) is 11.8. The SMILES string of the molecule is COc1ccccc1NC(=O)N1CCc2cccc(S(=O)(=O)N(C)C)c21. The number of ether oxygens (including phenoxy) is 1. The number of fused-ring (bicyclic) bond motifs is 1. The van der Waals surface area contributed by atoms with Gasteiger partial charge in [-0.25, -0.2) is 17.5 Å². The number of carbonyl (C=O) groups is 1. The zero-order valence-electron chi connectivity index (χ0n) is 14.9. The van der Waals surface area contributed by atoms with Gasteiger partial charge in [0, 0.05) is 20.6 Å². The fraction of sp³-hybridized carbons (Fsp3) is 0.278. The summed E-state index contributed by atoms with van der Waals surface area (Å²) in [6.07, 6.45) is 0.603. The van der Waals surface area contributed by atoms with Gasteiger partial charge >= 0.3 is 6.03 Å². The highest BCUT2D eigenvalue weighted by Gasteiger charge is 2.33. The molecule has 1 aliphatic heterocycles. The number of rotatable bonds is 4. The van der Waals surface area contributed by atoms with Crippen molar-refractivity contribution in [1.82, 2.24) is 4.31 Å². The Morgan fingerprint density at radius 1 is 1.15 bits per heavy atom. The molecule has 2 aromatic carbocycles. The fourth-order valence-electron chi connectivity index (χ4n) is 2.96. The van der Waals surface area contributed by atoms with Crippen molar-refractivity contribution in [2.75, 3.05) is 38.0 Å². The van der Waals surface area contributed by atoms with Gasteiger partial charge in [0.2, 0.25) is 10.0 Å². The highest BCUT2D eigenvalue weighted by Crippen LogP contribution is 2.36. The molecule has 0 atom stereocenters. The monoisotopic (exact) mass is 375 g/mol. The molecule has 2 amide bonds. The Balaban J connectivity index is 1.98. The van der Waals surface area contributed by atoms with Crippen LogP contribution in [0.5, 0.6) is 5.75 Å². The minimum absolute atomic E-state index is 0.132. The maximum absolute atomic E-state index is 12.8. The average Bonchev–Trinajstić information content (AvgIpc) is 3.06. The van der Waals surface area contributed by atoms with E-state index >= 15 is 0 Å². The highest BCUT2D eigenvalue weighted by molar-refractivity contribution is 7.89. The number of hydrogen-bond acceptors (Lipinski definition) is 4. The van der Waals surface area contributed by atoms with Gasteiger partial charge in [-0.3, -0.25) is 4.90 Å². The number of anilines is 2. The van der Waals surface area contributed by atoms with Gasteiger partial charge in [0.25, 0.3) is 0 Å². The van der Waals surface area contributed by atoms with E-state index in [-0.39, 0.29) is 4.90 Å². The van der Waals surface area contributed by atoms with Crippen molar-refractivity contribution in [3.05, 3.63) is 48.0 Å². The summed E-state index contributed by atoms with van der Waals surface area (Å²) >= 11 is 0. The largest absolute Gasteiger partial charge is 0.495 e. The van der Waals surface area contributed by atoms with E-state index < -0.39 is 16.1 Å². The van der Waals surface area contributed by atoms with E-state index in [1.54, 1.807) is 30.3 Å². The summed E-state index contributed by atoms with van der Waals surface area (Å²) in [5.74, 6) is 0.537. The van der Waals surface area contributed by atoms with Crippen LogP contribution in [0.3, 0.4) is 0 Å². The third kappa shape index (κ3) is 3.13. The summed E-state index contributed by atoms with van der Waals surface area (Å²) in [5, 5.41) is 2.81. The van der Waals surface area contributed by atoms with E-state index in [4.69, 9.17) is 4.74 Å². The minimum atomic E-state index is -3.67. The number of nitrogens with one attached hydrogen (secondary N) is 1. The molecule has 1 aliphatic rings. The van der Waals surface area contributed by atoms with Crippen LogP contribution in [0.2, 0.25) is 0 Å². The molecule has 2 aromatic rings. The maximum Gasteiger partial charge on any atom is 0.326 e. The molecule has 26 heavy (non-hydrogen) atoms. The van der Waals surface area contributed by atoms with Crippen molar-refractivity contribution in [3.63, 3.8) is 0 Å². The lowest BCUT2D eigenvalue weighted by Crippen LogP contribution is -2.35. The first kappa shape index (κ1) is 18.2. The van der Waals surface area contributed by atoms with E-state index in [1.165, 1.54) is 32.2 Å². The zero-order chi connectivity index (χ0) is 18.9. The van der Waals surface area contributed by atoms with Gasteiger partial charge in [-0.15, -0.1) is 0 Å². The second-order valence-corrected chi connectivity index (χ2v) is 8.20. The normalized spacial score (nSPS) is 13.6. The summed E-state index contributed by atoms with van der Waals surface area (Å²) in [6.45, 7) is 0.413.